The summed E-state index contributed by atoms with van der Waals surface area (Å²) in [5.41, 5.74) is 1.81. The zero-order chi connectivity index (χ0) is 14.7. The molecule has 2 unspecified atom stereocenters. The molecule has 6 nitrogen and oxygen atoms in total. The van der Waals surface area contributed by atoms with E-state index in [4.69, 9.17) is 5.11 Å². The Balaban J connectivity index is 2.16. The third kappa shape index (κ3) is 2.95. The maximum atomic E-state index is 12.3. The quantitative estimate of drug-likeness (QED) is 0.866. The first kappa shape index (κ1) is 14.4. The van der Waals surface area contributed by atoms with Crippen LogP contribution in [0.25, 0.3) is 0 Å². The van der Waals surface area contributed by atoms with Crippen LogP contribution in [0.3, 0.4) is 0 Å². The van der Waals surface area contributed by atoms with E-state index in [1.807, 2.05) is 6.92 Å². The van der Waals surface area contributed by atoms with Crippen molar-refractivity contribution in [3.05, 3.63) is 23.0 Å². The van der Waals surface area contributed by atoms with Crippen molar-refractivity contribution in [3.63, 3.8) is 0 Å². The van der Waals surface area contributed by atoms with Gasteiger partial charge in [-0.1, -0.05) is 13.3 Å². The number of nitrogens with one attached hydrogen (secondary N) is 1. The van der Waals surface area contributed by atoms with Gasteiger partial charge >= 0.3 is 5.97 Å². The van der Waals surface area contributed by atoms with Crippen LogP contribution in [0.15, 0.2) is 6.07 Å². The van der Waals surface area contributed by atoms with Gasteiger partial charge in [-0.2, -0.15) is 10.2 Å². The molecule has 0 spiro atoms. The van der Waals surface area contributed by atoms with Crippen LogP contribution < -0.4 is 5.32 Å². The minimum atomic E-state index is -0.840. The molecule has 1 heterocycles. The van der Waals surface area contributed by atoms with Crippen molar-refractivity contribution >= 4 is 11.9 Å². The Bertz CT molecular complexity index is 530. The Morgan fingerprint density at radius 3 is 2.80 bits per heavy atom. The molecule has 108 valence electrons. The first-order chi connectivity index (χ1) is 9.52. The lowest BCUT2D eigenvalue weighted by Crippen LogP contribution is -2.40. The minimum Gasteiger partial charge on any atom is -0.481 e. The van der Waals surface area contributed by atoms with Gasteiger partial charge in [-0.3, -0.25) is 9.59 Å². The Kier molecular flexibility index (Phi) is 4.32. The Morgan fingerprint density at radius 1 is 1.40 bits per heavy atom. The van der Waals surface area contributed by atoms with Crippen LogP contribution in [0.4, 0.5) is 0 Å². The Morgan fingerprint density at radius 2 is 2.15 bits per heavy atom. The second-order valence-corrected chi connectivity index (χ2v) is 5.16. The zero-order valence-corrected chi connectivity index (χ0v) is 11.7. The normalized spacial score (nSPS) is 21.7. The fourth-order valence-electron chi connectivity index (χ4n) is 2.65. The maximum Gasteiger partial charge on any atom is 0.308 e. The van der Waals surface area contributed by atoms with Crippen molar-refractivity contribution in [3.8, 4) is 0 Å². The summed E-state index contributed by atoms with van der Waals surface area (Å²) in [6.07, 6.45) is 2.77. The Hall–Kier alpha value is -1.98. The fraction of sp³-hybridized carbons (Fsp3) is 0.571. The van der Waals surface area contributed by atoms with E-state index < -0.39 is 11.9 Å². The molecule has 2 rings (SSSR count). The third-order valence-electron chi connectivity index (χ3n) is 3.72. The van der Waals surface area contributed by atoms with E-state index in [1.54, 1.807) is 13.0 Å². The number of hydrogen-bond donors (Lipinski definition) is 2. The highest BCUT2D eigenvalue weighted by Crippen LogP contribution is 2.26. The largest absolute Gasteiger partial charge is 0.481 e. The molecule has 20 heavy (non-hydrogen) atoms. The van der Waals surface area contributed by atoms with Crippen LogP contribution in [0.2, 0.25) is 0 Å². The SMILES string of the molecule is CCc1nnc(C)cc1C(=O)NC1CCCC1C(=O)O. The fourth-order valence-corrected chi connectivity index (χ4v) is 2.65. The maximum absolute atomic E-state index is 12.3. The van der Waals surface area contributed by atoms with Gasteiger partial charge in [0, 0.05) is 6.04 Å². The smallest absolute Gasteiger partial charge is 0.308 e. The van der Waals surface area contributed by atoms with Gasteiger partial charge in [0.1, 0.15) is 0 Å². The van der Waals surface area contributed by atoms with E-state index >= 15 is 0 Å². The summed E-state index contributed by atoms with van der Waals surface area (Å²) in [4.78, 5) is 23.5. The molecule has 0 saturated heterocycles. The van der Waals surface area contributed by atoms with Crippen LogP contribution >= 0.6 is 0 Å². The summed E-state index contributed by atoms with van der Waals surface area (Å²) in [5, 5.41) is 19.9. The number of carbonyl (C=O) groups excluding carboxylic acids is 1. The summed E-state index contributed by atoms with van der Waals surface area (Å²) < 4.78 is 0. The number of aliphatic carboxylic acids is 1. The molecule has 0 aromatic carbocycles. The zero-order valence-electron chi connectivity index (χ0n) is 11.7. The molecule has 1 amide bonds. The van der Waals surface area contributed by atoms with E-state index in [-0.39, 0.29) is 11.9 Å². The number of aromatic nitrogens is 2. The highest BCUT2D eigenvalue weighted by atomic mass is 16.4. The summed E-state index contributed by atoms with van der Waals surface area (Å²) in [5.74, 6) is -1.58. The summed E-state index contributed by atoms with van der Waals surface area (Å²) in [6.45, 7) is 3.69. The van der Waals surface area contributed by atoms with Gasteiger partial charge in [-0.15, -0.1) is 0 Å². The molecule has 2 N–H and O–H groups in total. The number of amides is 1. The molecular formula is C14H19N3O3. The van der Waals surface area contributed by atoms with Crippen molar-refractivity contribution in [2.24, 2.45) is 5.92 Å². The topological polar surface area (TPSA) is 92.2 Å². The predicted octanol–water partition coefficient (Wildman–Crippen LogP) is 1.33. The molecule has 1 aliphatic rings. The molecule has 0 aliphatic heterocycles. The number of rotatable bonds is 4. The van der Waals surface area contributed by atoms with E-state index in [1.165, 1.54) is 0 Å². The van der Waals surface area contributed by atoms with E-state index in [0.717, 1.165) is 6.42 Å². The lowest BCUT2D eigenvalue weighted by Gasteiger charge is -2.18. The molecule has 1 fully saturated rings. The molecular weight excluding hydrogens is 258 g/mol. The summed E-state index contributed by atoms with van der Waals surface area (Å²) >= 11 is 0. The Labute approximate surface area is 117 Å². The number of hydrogen-bond acceptors (Lipinski definition) is 4. The van der Waals surface area contributed by atoms with Crippen LogP contribution in [0, 0.1) is 12.8 Å². The van der Waals surface area contributed by atoms with Crippen molar-refractivity contribution < 1.29 is 14.7 Å². The van der Waals surface area contributed by atoms with Gasteiger partial charge < -0.3 is 10.4 Å². The molecule has 1 aliphatic carbocycles. The lowest BCUT2D eigenvalue weighted by molar-refractivity contribution is -0.142. The molecule has 6 heteroatoms. The number of carboxylic acid groups (broad SMARTS) is 1. The van der Waals surface area contributed by atoms with E-state index in [0.29, 0.717) is 36.2 Å². The van der Waals surface area contributed by atoms with Crippen LogP contribution in [-0.2, 0) is 11.2 Å². The monoisotopic (exact) mass is 277 g/mol. The third-order valence-corrected chi connectivity index (χ3v) is 3.72. The average molecular weight is 277 g/mol. The van der Waals surface area contributed by atoms with E-state index in [9.17, 15) is 9.59 Å². The first-order valence-electron chi connectivity index (χ1n) is 6.89. The number of nitrogens with zero attached hydrogens (tertiary/aromatic N) is 2. The average Bonchev–Trinajstić information content (AvgIpc) is 2.87. The predicted molar refractivity (Wildman–Crippen MR) is 72.4 cm³/mol. The van der Waals surface area contributed by atoms with Crippen LogP contribution in [0.5, 0.6) is 0 Å². The minimum absolute atomic E-state index is 0.252. The first-order valence-corrected chi connectivity index (χ1v) is 6.89. The summed E-state index contributed by atoms with van der Waals surface area (Å²) in [7, 11) is 0. The van der Waals surface area contributed by atoms with Gasteiger partial charge in [0.2, 0.25) is 0 Å². The number of aryl methyl sites for hydroxylation is 2. The molecule has 0 bridgehead atoms. The second-order valence-electron chi connectivity index (χ2n) is 5.16. The highest BCUT2D eigenvalue weighted by molar-refractivity contribution is 5.95. The number of carboxylic acids is 1. The van der Waals surface area contributed by atoms with Gasteiger partial charge in [-0.25, -0.2) is 0 Å². The van der Waals surface area contributed by atoms with Gasteiger partial charge in [0.25, 0.3) is 5.91 Å². The van der Waals surface area contributed by atoms with Gasteiger partial charge in [0.05, 0.1) is 22.9 Å². The van der Waals surface area contributed by atoms with Crippen LogP contribution in [0.1, 0.15) is 47.9 Å². The molecule has 0 radical (unpaired) electrons. The van der Waals surface area contributed by atoms with Crippen molar-refractivity contribution in [1.29, 1.82) is 0 Å². The number of carbonyl (C=O) groups is 2. The molecule has 2 atom stereocenters. The van der Waals surface area contributed by atoms with Crippen molar-refractivity contribution in [2.75, 3.05) is 0 Å². The standard InChI is InChI=1S/C14H19N3O3/c1-3-11-10(7-8(2)16-17-11)13(18)15-12-6-4-5-9(12)14(19)20/h7,9,12H,3-6H2,1-2H3,(H,15,18)(H,19,20). The van der Waals surface area contributed by atoms with Crippen molar-refractivity contribution in [1.82, 2.24) is 15.5 Å². The highest BCUT2D eigenvalue weighted by Gasteiger charge is 2.34. The summed E-state index contributed by atoms with van der Waals surface area (Å²) in [6, 6.07) is 1.41. The van der Waals surface area contributed by atoms with Gasteiger partial charge in [-0.05, 0) is 32.3 Å². The van der Waals surface area contributed by atoms with E-state index in [2.05, 4.69) is 15.5 Å². The molecule has 1 aromatic rings. The van der Waals surface area contributed by atoms with Gasteiger partial charge in [0.15, 0.2) is 0 Å². The van der Waals surface area contributed by atoms with Crippen molar-refractivity contribution in [2.45, 2.75) is 45.6 Å². The second kappa shape index (κ2) is 5.98. The lowest BCUT2D eigenvalue weighted by atomic mass is 10.0. The molecule has 1 saturated carbocycles. The van der Waals surface area contributed by atoms with Crippen LogP contribution in [-0.4, -0.2) is 33.2 Å². The molecule has 1 aromatic heterocycles.